The number of hydrogen-bond acceptors (Lipinski definition) is 4. The smallest absolute Gasteiger partial charge is 0.244 e. The Morgan fingerprint density at radius 1 is 1.29 bits per heavy atom. The molecule has 1 aliphatic rings. The molecule has 0 radical (unpaired) electrons. The number of hydrogen-bond donors (Lipinski definition) is 2. The molecular formula is C16H23N5. The molecule has 0 spiro atoms. The Bertz CT molecular complexity index is 592. The molecule has 2 aromatic rings. The zero-order valence-corrected chi connectivity index (χ0v) is 12.8. The number of aryl methyl sites for hydroxylation is 3. The van der Waals surface area contributed by atoms with Gasteiger partial charge in [-0.2, -0.15) is 4.98 Å². The summed E-state index contributed by atoms with van der Waals surface area (Å²) in [5.41, 5.74) is 2.72. The number of nitrogens with zero attached hydrogens (tertiary/aromatic N) is 3. The van der Waals surface area contributed by atoms with Gasteiger partial charge in [0.1, 0.15) is 5.82 Å². The van der Waals surface area contributed by atoms with Crippen molar-refractivity contribution in [3.05, 3.63) is 41.2 Å². The number of piperazine rings is 1. The number of aromatic nitrogens is 3. The van der Waals surface area contributed by atoms with Gasteiger partial charge in [-0.15, -0.1) is 5.10 Å². The van der Waals surface area contributed by atoms with Crippen molar-refractivity contribution in [1.82, 2.24) is 20.5 Å². The van der Waals surface area contributed by atoms with Gasteiger partial charge in [0.05, 0.1) is 0 Å². The van der Waals surface area contributed by atoms with Gasteiger partial charge in [-0.05, 0) is 31.4 Å². The minimum atomic E-state index is 0.493. The summed E-state index contributed by atoms with van der Waals surface area (Å²) in [5, 5.41) is 10.9. The second-order valence-electron chi connectivity index (χ2n) is 5.81. The monoisotopic (exact) mass is 285 g/mol. The lowest BCUT2D eigenvalue weighted by Crippen LogP contribution is -2.49. The molecule has 3 rings (SSSR count). The van der Waals surface area contributed by atoms with Crippen molar-refractivity contribution in [3.63, 3.8) is 0 Å². The van der Waals surface area contributed by atoms with E-state index < -0.39 is 0 Å². The van der Waals surface area contributed by atoms with Gasteiger partial charge in [0.15, 0.2) is 0 Å². The second-order valence-corrected chi connectivity index (χ2v) is 5.81. The molecule has 2 N–H and O–H groups in total. The fraction of sp³-hybridized carbons (Fsp3) is 0.500. The van der Waals surface area contributed by atoms with Crippen LogP contribution in [0.2, 0.25) is 0 Å². The van der Waals surface area contributed by atoms with Gasteiger partial charge in [-0.25, -0.2) is 0 Å². The number of rotatable bonds is 4. The SMILES string of the molecule is Cc1ccccc1CCc1nc(N2CCN[C@@H](C)C2)n[nH]1. The lowest BCUT2D eigenvalue weighted by Gasteiger charge is -2.30. The third kappa shape index (κ3) is 3.42. The van der Waals surface area contributed by atoms with Crippen LogP contribution >= 0.6 is 0 Å². The highest BCUT2D eigenvalue weighted by atomic mass is 15.4. The van der Waals surface area contributed by atoms with Crippen molar-refractivity contribution in [2.45, 2.75) is 32.7 Å². The van der Waals surface area contributed by atoms with Crippen molar-refractivity contribution in [2.24, 2.45) is 0 Å². The molecule has 0 unspecified atom stereocenters. The normalized spacial score (nSPS) is 19.0. The molecule has 21 heavy (non-hydrogen) atoms. The molecule has 1 aromatic heterocycles. The summed E-state index contributed by atoms with van der Waals surface area (Å²) in [4.78, 5) is 6.89. The van der Waals surface area contributed by atoms with Gasteiger partial charge in [-0.1, -0.05) is 24.3 Å². The van der Waals surface area contributed by atoms with Crippen LogP contribution in [0, 0.1) is 6.92 Å². The molecule has 112 valence electrons. The standard InChI is InChI=1S/C16H23N5/c1-12-5-3-4-6-14(12)7-8-15-18-16(20-19-15)21-10-9-17-13(2)11-21/h3-6,13,17H,7-11H2,1-2H3,(H,18,19,20)/t13-/m0/s1. The summed E-state index contributed by atoms with van der Waals surface area (Å²) in [6.45, 7) is 7.28. The maximum Gasteiger partial charge on any atom is 0.244 e. The molecule has 2 heterocycles. The van der Waals surface area contributed by atoms with E-state index in [0.29, 0.717) is 6.04 Å². The summed E-state index contributed by atoms with van der Waals surface area (Å²) < 4.78 is 0. The highest BCUT2D eigenvalue weighted by molar-refractivity contribution is 5.31. The Labute approximate surface area is 125 Å². The van der Waals surface area contributed by atoms with Crippen molar-refractivity contribution < 1.29 is 0 Å². The lowest BCUT2D eigenvalue weighted by molar-refractivity contribution is 0.479. The van der Waals surface area contributed by atoms with Crippen LogP contribution in [-0.4, -0.2) is 40.9 Å². The maximum atomic E-state index is 4.64. The van der Waals surface area contributed by atoms with E-state index in [1.54, 1.807) is 0 Å². The molecule has 0 bridgehead atoms. The Hall–Kier alpha value is -1.88. The first kappa shape index (κ1) is 14.1. The van der Waals surface area contributed by atoms with Gasteiger partial charge < -0.3 is 10.2 Å². The van der Waals surface area contributed by atoms with Crippen LogP contribution in [0.5, 0.6) is 0 Å². The predicted molar refractivity (Wildman–Crippen MR) is 84.6 cm³/mol. The summed E-state index contributed by atoms with van der Waals surface area (Å²) in [5.74, 6) is 1.81. The minimum absolute atomic E-state index is 0.493. The summed E-state index contributed by atoms with van der Waals surface area (Å²) in [7, 11) is 0. The average Bonchev–Trinajstić information content (AvgIpc) is 2.95. The van der Waals surface area contributed by atoms with Crippen LogP contribution in [0.25, 0.3) is 0 Å². The lowest BCUT2D eigenvalue weighted by atomic mass is 10.0. The number of benzene rings is 1. The zero-order chi connectivity index (χ0) is 14.7. The summed E-state index contributed by atoms with van der Waals surface area (Å²) in [6.07, 6.45) is 1.90. The number of H-pyrrole nitrogens is 1. The van der Waals surface area contributed by atoms with Gasteiger partial charge in [0.25, 0.3) is 0 Å². The first-order chi connectivity index (χ1) is 10.2. The van der Waals surface area contributed by atoms with E-state index >= 15 is 0 Å². The van der Waals surface area contributed by atoms with Crippen molar-refractivity contribution in [3.8, 4) is 0 Å². The molecule has 0 saturated carbocycles. The minimum Gasteiger partial charge on any atom is -0.337 e. The Kier molecular flexibility index (Phi) is 4.20. The largest absolute Gasteiger partial charge is 0.337 e. The van der Waals surface area contributed by atoms with Crippen LogP contribution in [0.1, 0.15) is 23.9 Å². The summed E-state index contributed by atoms with van der Waals surface area (Å²) >= 11 is 0. The van der Waals surface area contributed by atoms with E-state index in [9.17, 15) is 0 Å². The molecule has 0 amide bonds. The van der Waals surface area contributed by atoms with E-state index in [4.69, 9.17) is 0 Å². The first-order valence-electron chi connectivity index (χ1n) is 7.66. The highest BCUT2D eigenvalue weighted by Gasteiger charge is 2.19. The van der Waals surface area contributed by atoms with Crippen LogP contribution in [-0.2, 0) is 12.8 Å². The molecular weight excluding hydrogens is 262 g/mol. The molecule has 1 saturated heterocycles. The summed E-state index contributed by atoms with van der Waals surface area (Å²) in [6, 6.07) is 9.01. The molecule has 5 nitrogen and oxygen atoms in total. The van der Waals surface area contributed by atoms with Gasteiger partial charge in [-0.3, -0.25) is 5.10 Å². The zero-order valence-electron chi connectivity index (χ0n) is 12.8. The molecule has 1 atom stereocenters. The van der Waals surface area contributed by atoms with E-state index in [-0.39, 0.29) is 0 Å². The number of aromatic amines is 1. The van der Waals surface area contributed by atoms with Crippen molar-refractivity contribution in [2.75, 3.05) is 24.5 Å². The molecule has 1 aromatic carbocycles. The Morgan fingerprint density at radius 2 is 2.14 bits per heavy atom. The van der Waals surface area contributed by atoms with E-state index in [2.05, 4.69) is 63.5 Å². The van der Waals surface area contributed by atoms with Crippen LogP contribution < -0.4 is 10.2 Å². The second kappa shape index (κ2) is 6.26. The third-order valence-electron chi connectivity index (χ3n) is 4.06. The van der Waals surface area contributed by atoms with Gasteiger partial charge in [0, 0.05) is 32.1 Å². The molecule has 1 aliphatic heterocycles. The van der Waals surface area contributed by atoms with E-state index in [1.165, 1.54) is 11.1 Å². The number of nitrogens with one attached hydrogen (secondary N) is 2. The third-order valence-corrected chi connectivity index (χ3v) is 4.06. The maximum absolute atomic E-state index is 4.64. The molecule has 5 heteroatoms. The fourth-order valence-electron chi connectivity index (χ4n) is 2.80. The predicted octanol–water partition coefficient (Wildman–Crippen LogP) is 1.70. The first-order valence-corrected chi connectivity index (χ1v) is 7.66. The van der Waals surface area contributed by atoms with Gasteiger partial charge >= 0.3 is 0 Å². The Balaban J connectivity index is 1.61. The molecule has 1 fully saturated rings. The van der Waals surface area contributed by atoms with E-state index in [0.717, 1.165) is 44.2 Å². The topological polar surface area (TPSA) is 56.8 Å². The van der Waals surface area contributed by atoms with Crippen molar-refractivity contribution in [1.29, 1.82) is 0 Å². The number of anilines is 1. The fourth-order valence-corrected chi connectivity index (χ4v) is 2.80. The quantitative estimate of drug-likeness (QED) is 0.897. The van der Waals surface area contributed by atoms with Gasteiger partial charge in [0.2, 0.25) is 5.95 Å². The van der Waals surface area contributed by atoms with Crippen LogP contribution in [0.3, 0.4) is 0 Å². The highest BCUT2D eigenvalue weighted by Crippen LogP contribution is 2.13. The van der Waals surface area contributed by atoms with Crippen LogP contribution in [0.4, 0.5) is 5.95 Å². The Morgan fingerprint density at radius 3 is 2.95 bits per heavy atom. The van der Waals surface area contributed by atoms with E-state index in [1.807, 2.05) is 0 Å². The van der Waals surface area contributed by atoms with Crippen LogP contribution in [0.15, 0.2) is 24.3 Å². The van der Waals surface area contributed by atoms with Crippen molar-refractivity contribution >= 4 is 5.95 Å². The average molecular weight is 285 g/mol. The molecule has 0 aliphatic carbocycles.